The maximum atomic E-state index is 11.6. The van der Waals surface area contributed by atoms with E-state index in [1.165, 1.54) is 25.7 Å². The molecule has 1 aliphatic carbocycles. The summed E-state index contributed by atoms with van der Waals surface area (Å²) in [4.78, 5) is 13.5. The minimum atomic E-state index is 0.241. The predicted octanol–water partition coefficient (Wildman–Crippen LogP) is 0.753. The number of likely N-dealkylation sites (tertiary alicyclic amines) is 1. The first-order valence-electron chi connectivity index (χ1n) is 6.39. The highest BCUT2D eigenvalue weighted by atomic mass is 16.5. The lowest BCUT2D eigenvalue weighted by Gasteiger charge is -2.18. The quantitative estimate of drug-likeness (QED) is 0.752. The van der Waals surface area contributed by atoms with Gasteiger partial charge in [0.25, 0.3) is 0 Å². The lowest BCUT2D eigenvalue weighted by molar-refractivity contribution is -0.128. The largest absolute Gasteiger partial charge is 0.376 e. The molecule has 0 bridgehead atoms. The molecule has 1 saturated carbocycles. The predicted molar refractivity (Wildman–Crippen MR) is 61.9 cm³/mol. The van der Waals surface area contributed by atoms with E-state index in [1.807, 2.05) is 4.90 Å². The van der Waals surface area contributed by atoms with Gasteiger partial charge in [0, 0.05) is 19.5 Å². The van der Waals surface area contributed by atoms with Gasteiger partial charge in [-0.25, -0.2) is 0 Å². The molecule has 92 valence electrons. The Hall–Kier alpha value is -0.610. The van der Waals surface area contributed by atoms with E-state index < -0.39 is 0 Å². The second-order valence-electron chi connectivity index (χ2n) is 4.92. The highest BCUT2D eigenvalue weighted by Crippen LogP contribution is 2.21. The molecule has 0 aromatic heterocycles. The number of nitrogens with zero attached hydrogens (tertiary/aromatic N) is 1. The molecule has 1 aliphatic heterocycles. The van der Waals surface area contributed by atoms with Crippen LogP contribution in [-0.2, 0) is 9.53 Å². The number of carbonyl (C=O) groups excluding carboxylic acids is 1. The number of carbonyl (C=O) groups is 1. The van der Waals surface area contributed by atoms with E-state index in [0.717, 1.165) is 13.1 Å². The minimum Gasteiger partial charge on any atom is -0.376 e. The van der Waals surface area contributed by atoms with Crippen molar-refractivity contribution >= 4 is 5.91 Å². The van der Waals surface area contributed by atoms with Gasteiger partial charge in [0.05, 0.1) is 12.7 Å². The Bertz CT molecular complexity index is 239. The summed E-state index contributed by atoms with van der Waals surface area (Å²) in [5.74, 6) is 0.601. The van der Waals surface area contributed by atoms with Crippen molar-refractivity contribution < 1.29 is 9.53 Å². The monoisotopic (exact) mass is 226 g/mol. The first-order valence-corrected chi connectivity index (χ1v) is 6.39. The Morgan fingerprint density at radius 3 is 2.75 bits per heavy atom. The SMILES string of the molecule is NC[C@H]1CC(=O)N(CCOC2CCCC2)C1. The van der Waals surface area contributed by atoms with Crippen LogP contribution in [0.2, 0.25) is 0 Å². The maximum absolute atomic E-state index is 11.6. The summed E-state index contributed by atoms with van der Waals surface area (Å²) in [6.45, 7) is 2.87. The van der Waals surface area contributed by atoms with Gasteiger partial charge < -0.3 is 15.4 Å². The van der Waals surface area contributed by atoms with Crippen LogP contribution in [0.5, 0.6) is 0 Å². The number of ether oxygens (including phenoxy) is 1. The van der Waals surface area contributed by atoms with Crippen LogP contribution < -0.4 is 5.73 Å². The van der Waals surface area contributed by atoms with Crippen LogP contribution in [-0.4, -0.2) is 43.2 Å². The van der Waals surface area contributed by atoms with Crippen molar-refractivity contribution in [1.29, 1.82) is 0 Å². The zero-order valence-corrected chi connectivity index (χ0v) is 9.86. The van der Waals surface area contributed by atoms with Crippen molar-refractivity contribution in [1.82, 2.24) is 4.90 Å². The molecule has 1 amide bonds. The first kappa shape index (κ1) is 11.9. The molecular weight excluding hydrogens is 204 g/mol. The summed E-state index contributed by atoms with van der Waals surface area (Å²) in [5.41, 5.74) is 5.58. The number of rotatable bonds is 5. The zero-order chi connectivity index (χ0) is 11.4. The van der Waals surface area contributed by atoms with E-state index in [0.29, 0.717) is 31.6 Å². The molecule has 0 unspecified atom stereocenters. The second kappa shape index (κ2) is 5.64. The fourth-order valence-corrected chi connectivity index (χ4v) is 2.61. The van der Waals surface area contributed by atoms with Crippen molar-refractivity contribution in [2.24, 2.45) is 11.7 Å². The molecule has 0 spiro atoms. The standard InChI is InChI=1S/C12H22N2O2/c13-8-10-7-12(15)14(9-10)5-6-16-11-3-1-2-4-11/h10-11H,1-9,13H2/t10-/m1/s1. The summed E-state index contributed by atoms with van der Waals surface area (Å²) in [7, 11) is 0. The summed E-state index contributed by atoms with van der Waals surface area (Å²) in [6, 6.07) is 0. The number of hydrogen-bond acceptors (Lipinski definition) is 3. The second-order valence-corrected chi connectivity index (χ2v) is 4.92. The Kier molecular flexibility index (Phi) is 4.18. The normalized spacial score (nSPS) is 26.9. The Balaban J connectivity index is 1.64. The van der Waals surface area contributed by atoms with Crippen LogP contribution in [0.4, 0.5) is 0 Å². The summed E-state index contributed by atoms with van der Waals surface area (Å²) in [6.07, 6.45) is 6.05. The topological polar surface area (TPSA) is 55.6 Å². The molecule has 0 radical (unpaired) electrons. The first-order chi connectivity index (χ1) is 7.79. The van der Waals surface area contributed by atoms with Gasteiger partial charge in [0.15, 0.2) is 0 Å². The van der Waals surface area contributed by atoms with Crippen LogP contribution in [0, 0.1) is 5.92 Å². The smallest absolute Gasteiger partial charge is 0.223 e. The van der Waals surface area contributed by atoms with Crippen LogP contribution >= 0.6 is 0 Å². The highest BCUT2D eigenvalue weighted by molar-refractivity contribution is 5.78. The van der Waals surface area contributed by atoms with Gasteiger partial charge >= 0.3 is 0 Å². The molecule has 0 aromatic carbocycles. The van der Waals surface area contributed by atoms with Crippen molar-refractivity contribution in [2.75, 3.05) is 26.2 Å². The fraction of sp³-hybridized carbons (Fsp3) is 0.917. The molecule has 2 N–H and O–H groups in total. The molecule has 4 nitrogen and oxygen atoms in total. The third kappa shape index (κ3) is 2.95. The van der Waals surface area contributed by atoms with Crippen molar-refractivity contribution in [3.63, 3.8) is 0 Å². The van der Waals surface area contributed by atoms with E-state index in [-0.39, 0.29) is 5.91 Å². The average molecular weight is 226 g/mol. The number of amides is 1. The lowest BCUT2D eigenvalue weighted by Crippen LogP contribution is -2.30. The van der Waals surface area contributed by atoms with E-state index in [9.17, 15) is 4.79 Å². The van der Waals surface area contributed by atoms with Crippen molar-refractivity contribution in [2.45, 2.75) is 38.2 Å². The summed E-state index contributed by atoms with van der Waals surface area (Å²) in [5, 5.41) is 0. The molecule has 16 heavy (non-hydrogen) atoms. The van der Waals surface area contributed by atoms with Gasteiger partial charge in [-0.1, -0.05) is 12.8 Å². The van der Waals surface area contributed by atoms with Crippen LogP contribution in [0.15, 0.2) is 0 Å². The number of nitrogens with two attached hydrogens (primary N) is 1. The van der Waals surface area contributed by atoms with Gasteiger partial charge in [0.1, 0.15) is 0 Å². The molecule has 2 rings (SSSR count). The fourth-order valence-electron chi connectivity index (χ4n) is 2.61. The molecule has 2 fully saturated rings. The van der Waals surface area contributed by atoms with Crippen LogP contribution in [0.1, 0.15) is 32.1 Å². The van der Waals surface area contributed by atoms with Gasteiger partial charge in [-0.05, 0) is 25.3 Å². The van der Waals surface area contributed by atoms with E-state index in [1.54, 1.807) is 0 Å². The molecule has 1 atom stereocenters. The van der Waals surface area contributed by atoms with Gasteiger partial charge in [-0.3, -0.25) is 4.79 Å². The Labute approximate surface area is 97.1 Å². The van der Waals surface area contributed by atoms with Crippen LogP contribution in [0.25, 0.3) is 0 Å². The summed E-state index contributed by atoms with van der Waals surface area (Å²) >= 11 is 0. The lowest BCUT2D eigenvalue weighted by atomic mass is 10.1. The maximum Gasteiger partial charge on any atom is 0.223 e. The molecule has 1 saturated heterocycles. The molecule has 1 heterocycles. The van der Waals surface area contributed by atoms with E-state index in [4.69, 9.17) is 10.5 Å². The average Bonchev–Trinajstić information content (AvgIpc) is 2.89. The van der Waals surface area contributed by atoms with Crippen molar-refractivity contribution in [3.05, 3.63) is 0 Å². The Morgan fingerprint density at radius 2 is 2.12 bits per heavy atom. The van der Waals surface area contributed by atoms with Crippen molar-refractivity contribution in [3.8, 4) is 0 Å². The van der Waals surface area contributed by atoms with E-state index in [2.05, 4.69) is 0 Å². The molecule has 4 heteroatoms. The molecule has 2 aliphatic rings. The Morgan fingerprint density at radius 1 is 1.38 bits per heavy atom. The number of hydrogen-bond donors (Lipinski definition) is 1. The van der Waals surface area contributed by atoms with Gasteiger partial charge in [-0.2, -0.15) is 0 Å². The third-order valence-corrected chi connectivity index (χ3v) is 3.64. The summed E-state index contributed by atoms with van der Waals surface area (Å²) < 4.78 is 5.76. The van der Waals surface area contributed by atoms with Gasteiger partial charge in [0.2, 0.25) is 5.91 Å². The molecule has 0 aromatic rings. The zero-order valence-electron chi connectivity index (χ0n) is 9.86. The van der Waals surface area contributed by atoms with Crippen LogP contribution in [0.3, 0.4) is 0 Å². The molecular formula is C12H22N2O2. The minimum absolute atomic E-state index is 0.241. The van der Waals surface area contributed by atoms with Gasteiger partial charge in [-0.15, -0.1) is 0 Å². The highest BCUT2D eigenvalue weighted by Gasteiger charge is 2.28. The third-order valence-electron chi connectivity index (χ3n) is 3.64. The van der Waals surface area contributed by atoms with E-state index >= 15 is 0 Å².